The van der Waals surface area contributed by atoms with Crippen LogP contribution in [-0.2, 0) is 17.8 Å². The Morgan fingerprint density at radius 3 is 2.62 bits per heavy atom. The number of amides is 1. The number of hydrogen-bond acceptors (Lipinski definition) is 2. The molecule has 0 bridgehead atoms. The number of para-hydroxylation sites is 1. The third kappa shape index (κ3) is 4.76. The maximum atomic E-state index is 12.4. The van der Waals surface area contributed by atoms with Gasteiger partial charge in [0, 0.05) is 33.7 Å². The molecule has 1 heterocycles. The van der Waals surface area contributed by atoms with Gasteiger partial charge in [-0.1, -0.05) is 65.7 Å². The molecule has 0 atom stereocenters. The molecule has 5 heteroatoms. The molecule has 162 valence electrons. The van der Waals surface area contributed by atoms with Crippen LogP contribution in [0.4, 0.5) is 0 Å². The van der Waals surface area contributed by atoms with Crippen LogP contribution in [0.2, 0.25) is 5.02 Å². The van der Waals surface area contributed by atoms with Crippen molar-refractivity contribution in [2.45, 2.75) is 33.7 Å². The van der Waals surface area contributed by atoms with Gasteiger partial charge in [-0.25, -0.2) is 5.43 Å². The van der Waals surface area contributed by atoms with Gasteiger partial charge in [-0.2, -0.15) is 5.10 Å². The molecule has 0 saturated heterocycles. The summed E-state index contributed by atoms with van der Waals surface area (Å²) in [5.74, 6) is -0.131. The number of carbonyl (C=O) groups excluding carboxylic acids is 1. The fourth-order valence-corrected chi connectivity index (χ4v) is 4.28. The van der Waals surface area contributed by atoms with Gasteiger partial charge in [0.25, 0.3) is 0 Å². The number of nitrogens with one attached hydrogen (secondary N) is 1. The SMILES string of the molecule is Cc1ccc(CC(=O)N/N=C\c2c(C)n(Cc3cccc(Cl)c3)c3ccccc23)c(C)c1. The van der Waals surface area contributed by atoms with E-state index in [1.54, 1.807) is 6.21 Å². The molecule has 0 radical (unpaired) electrons. The van der Waals surface area contributed by atoms with Crippen molar-refractivity contribution in [3.05, 3.63) is 105 Å². The van der Waals surface area contributed by atoms with Crippen LogP contribution < -0.4 is 5.43 Å². The molecule has 0 saturated carbocycles. The Balaban J connectivity index is 1.55. The Morgan fingerprint density at radius 2 is 1.84 bits per heavy atom. The van der Waals surface area contributed by atoms with Gasteiger partial charge in [0.05, 0.1) is 12.6 Å². The highest BCUT2D eigenvalue weighted by atomic mass is 35.5. The first-order valence-electron chi connectivity index (χ1n) is 10.6. The number of halogens is 1. The first-order valence-corrected chi connectivity index (χ1v) is 11.0. The molecular weight excluding hydrogens is 418 g/mol. The van der Waals surface area contributed by atoms with E-state index in [4.69, 9.17) is 11.6 Å². The van der Waals surface area contributed by atoms with E-state index in [-0.39, 0.29) is 5.91 Å². The van der Waals surface area contributed by atoms with Gasteiger partial charge in [-0.05, 0) is 55.7 Å². The molecule has 1 amide bonds. The second-order valence-corrected chi connectivity index (χ2v) is 8.57. The average molecular weight is 444 g/mol. The monoisotopic (exact) mass is 443 g/mol. The van der Waals surface area contributed by atoms with Crippen LogP contribution in [-0.4, -0.2) is 16.7 Å². The molecule has 1 N–H and O–H groups in total. The molecule has 0 aliphatic rings. The summed E-state index contributed by atoms with van der Waals surface area (Å²) in [6, 6.07) is 22.2. The number of aryl methyl sites for hydroxylation is 2. The molecule has 0 aliphatic heterocycles. The third-order valence-electron chi connectivity index (χ3n) is 5.74. The first kappa shape index (κ1) is 21.8. The predicted octanol–water partition coefficient (Wildman–Crippen LogP) is 5.96. The maximum absolute atomic E-state index is 12.4. The van der Waals surface area contributed by atoms with Crippen molar-refractivity contribution in [1.82, 2.24) is 9.99 Å². The zero-order valence-corrected chi connectivity index (χ0v) is 19.3. The molecular formula is C27H26ClN3O. The summed E-state index contributed by atoms with van der Waals surface area (Å²) in [4.78, 5) is 12.4. The number of hydrogen-bond donors (Lipinski definition) is 1. The van der Waals surface area contributed by atoms with Crippen LogP contribution in [0.25, 0.3) is 10.9 Å². The van der Waals surface area contributed by atoms with Gasteiger partial charge in [-0.15, -0.1) is 0 Å². The fraction of sp³-hybridized carbons (Fsp3) is 0.185. The number of aromatic nitrogens is 1. The van der Waals surface area contributed by atoms with Crippen LogP contribution in [0, 0.1) is 20.8 Å². The summed E-state index contributed by atoms with van der Waals surface area (Å²) < 4.78 is 2.25. The van der Waals surface area contributed by atoms with E-state index >= 15 is 0 Å². The van der Waals surface area contributed by atoms with Crippen molar-refractivity contribution in [3.63, 3.8) is 0 Å². The van der Waals surface area contributed by atoms with E-state index in [9.17, 15) is 4.79 Å². The molecule has 32 heavy (non-hydrogen) atoms. The van der Waals surface area contributed by atoms with E-state index in [1.807, 2.05) is 56.3 Å². The Labute approximate surface area is 193 Å². The Bertz CT molecular complexity index is 1320. The van der Waals surface area contributed by atoms with E-state index < -0.39 is 0 Å². The zero-order chi connectivity index (χ0) is 22.7. The lowest BCUT2D eigenvalue weighted by molar-refractivity contribution is -0.120. The van der Waals surface area contributed by atoms with E-state index in [1.165, 1.54) is 5.56 Å². The molecule has 3 aromatic carbocycles. The Morgan fingerprint density at radius 1 is 1.03 bits per heavy atom. The van der Waals surface area contributed by atoms with E-state index in [0.29, 0.717) is 13.0 Å². The van der Waals surface area contributed by atoms with Crippen molar-refractivity contribution < 1.29 is 4.79 Å². The molecule has 0 aliphatic carbocycles. The highest BCUT2D eigenvalue weighted by Crippen LogP contribution is 2.26. The largest absolute Gasteiger partial charge is 0.340 e. The van der Waals surface area contributed by atoms with Crippen molar-refractivity contribution in [1.29, 1.82) is 0 Å². The first-order chi connectivity index (χ1) is 15.4. The van der Waals surface area contributed by atoms with E-state index in [2.05, 4.69) is 46.3 Å². The van der Waals surface area contributed by atoms with Crippen LogP contribution in [0.1, 0.15) is 33.5 Å². The Hall–Kier alpha value is -3.37. The highest BCUT2D eigenvalue weighted by Gasteiger charge is 2.13. The quantitative estimate of drug-likeness (QED) is 0.290. The van der Waals surface area contributed by atoms with Crippen LogP contribution in [0.3, 0.4) is 0 Å². The molecule has 0 unspecified atom stereocenters. The summed E-state index contributed by atoms with van der Waals surface area (Å²) >= 11 is 6.18. The summed E-state index contributed by atoms with van der Waals surface area (Å²) in [7, 11) is 0. The summed E-state index contributed by atoms with van der Waals surface area (Å²) in [6.45, 7) is 6.85. The predicted molar refractivity (Wildman–Crippen MR) is 133 cm³/mol. The second-order valence-electron chi connectivity index (χ2n) is 8.13. The minimum Gasteiger partial charge on any atom is -0.340 e. The van der Waals surface area contributed by atoms with Crippen LogP contribution in [0.15, 0.2) is 71.8 Å². The number of nitrogens with zero attached hydrogens (tertiary/aromatic N) is 2. The van der Waals surface area contributed by atoms with Gasteiger partial charge in [0.1, 0.15) is 0 Å². The lowest BCUT2D eigenvalue weighted by atomic mass is 10.0. The van der Waals surface area contributed by atoms with Crippen molar-refractivity contribution in [2.24, 2.45) is 5.10 Å². The van der Waals surface area contributed by atoms with Crippen LogP contribution >= 0.6 is 11.6 Å². The maximum Gasteiger partial charge on any atom is 0.244 e. The molecule has 4 aromatic rings. The smallest absolute Gasteiger partial charge is 0.244 e. The Kier molecular flexibility index (Phi) is 6.42. The molecule has 0 spiro atoms. The van der Waals surface area contributed by atoms with Gasteiger partial charge in [0.2, 0.25) is 5.91 Å². The minimum absolute atomic E-state index is 0.131. The van der Waals surface area contributed by atoms with Gasteiger partial charge in [-0.3, -0.25) is 4.79 Å². The minimum atomic E-state index is -0.131. The van der Waals surface area contributed by atoms with Crippen molar-refractivity contribution in [2.75, 3.05) is 0 Å². The number of carbonyl (C=O) groups is 1. The fourth-order valence-electron chi connectivity index (χ4n) is 4.07. The van der Waals surface area contributed by atoms with Crippen molar-refractivity contribution in [3.8, 4) is 0 Å². The van der Waals surface area contributed by atoms with Crippen LogP contribution in [0.5, 0.6) is 0 Å². The number of fused-ring (bicyclic) bond motifs is 1. The topological polar surface area (TPSA) is 46.4 Å². The standard InChI is InChI=1S/C27H26ClN3O/c1-18-11-12-22(19(2)13-18)15-27(32)30-29-16-25-20(3)31(26-10-5-4-9-24(25)26)17-21-7-6-8-23(28)14-21/h4-14,16H,15,17H2,1-3H3,(H,30,32)/b29-16-. The van der Waals surface area contributed by atoms with Gasteiger partial charge >= 0.3 is 0 Å². The lowest BCUT2D eigenvalue weighted by Crippen LogP contribution is -2.20. The highest BCUT2D eigenvalue weighted by molar-refractivity contribution is 6.30. The average Bonchev–Trinajstić information content (AvgIpc) is 3.02. The van der Waals surface area contributed by atoms with Crippen molar-refractivity contribution >= 4 is 34.6 Å². The lowest BCUT2D eigenvalue weighted by Gasteiger charge is -2.09. The number of hydrazone groups is 1. The summed E-state index contributed by atoms with van der Waals surface area (Å²) in [5.41, 5.74) is 10.3. The molecule has 4 rings (SSSR count). The zero-order valence-electron chi connectivity index (χ0n) is 18.5. The molecule has 0 fully saturated rings. The normalized spacial score (nSPS) is 11.4. The van der Waals surface area contributed by atoms with Gasteiger partial charge < -0.3 is 4.57 Å². The van der Waals surface area contributed by atoms with E-state index in [0.717, 1.165) is 43.9 Å². The summed E-state index contributed by atoms with van der Waals surface area (Å²) in [6.07, 6.45) is 2.05. The summed E-state index contributed by atoms with van der Waals surface area (Å²) in [5, 5.41) is 6.09. The number of rotatable bonds is 6. The van der Waals surface area contributed by atoms with Gasteiger partial charge in [0.15, 0.2) is 0 Å². The molecule has 1 aromatic heterocycles. The number of benzene rings is 3. The third-order valence-corrected chi connectivity index (χ3v) is 5.98. The molecule has 4 nitrogen and oxygen atoms in total. The second kappa shape index (κ2) is 9.41.